The van der Waals surface area contributed by atoms with Gasteiger partial charge in [0.05, 0.1) is 6.04 Å². The van der Waals surface area contributed by atoms with Crippen LogP contribution in [-0.4, -0.2) is 10.5 Å². The van der Waals surface area contributed by atoms with Crippen LogP contribution < -0.4 is 16.6 Å². The lowest BCUT2D eigenvalue weighted by atomic mass is 9.87. The van der Waals surface area contributed by atoms with E-state index in [1.165, 1.54) is 16.2 Å². The Labute approximate surface area is 142 Å². The molecule has 3 rings (SSSR count). The molecule has 1 heterocycles. The van der Waals surface area contributed by atoms with Gasteiger partial charge >= 0.3 is 0 Å². The second-order valence-electron chi connectivity index (χ2n) is 5.78. The second-order valence-corrected chi connectivity index (χ2v) is 6.70. The van der Waals surface area contributed by atoms with E-state index >= 15 is 0 Å². The maximum atomic E-state index is 12.3. The van der Waals surface area contributed by atoms with Gasteiger partial charge in [-0.1, -0.05) is 6.07 Å². The monoisotopic (exact) mass is 375 g/mol. The van der Waals surface area contributed by atoms with Crippen LogP contribution in [0.5, 0.6) is 0 Å². The number of rotatable bonds is 3. The van der Waals surface area contributed by atoms with E-state index in [1.807, 2.05) is 18.2 Å². The lowest BCUT2D eigenvalue weighted by Gasteiger charge is -2.26. The van der Waals surface area contributed by atoms with E-state index in [9.17, 15) is 9.59 Å². The fraction of sp³-hybridized carbons (Fsp3) is 0.294. The zero-order valence-electron chi connectivity index (χ0n) is 12.6. The molecule has 23 heavy (non-hydrogen) atoms. The highest BCUT2D eigenvalue weighted by atomic mass is 79.9. The zero-order chi connectivity index (χ0) is 16.4. The maximum absolute atomic E-state index is 12.3. The van der Waals surface area contributed by atoms with Gasteiger partial charge in [0.2, 0.25) is 5.91 Å². The van der Waals surface area contributed by atoms with Gasteiger partial charge in [-0.05, 0) is 64.5 Å². The summed E-state index contributed by atoms with van der Waals surface area (Å²) >= 11 is 3.31. The summed E-state index contributed by atoms with van der Waals surface area (Å²) in [4.78, 5) is 24.1. The smallest absolute Gasteiger partial charge is 0.251 e. The number of anilines is 1. The molecule has 1 aliphatic carbocycles. The Morgan fingerprint density at radius 1 is 1.35 bits per heavy atom. The van der Waals surface area contributed by atoms with E-state index in [1.54, 1.807) is 12.3 Å². The molecule has 120 valence electrons. The molecule has 5 nitrogen and oxygen atoms in total. The van der Waals surface area contributed by atoms with E-state index in [-0.39, 0.29) is 24.1 Å². The van der Waals surface area contributed by atoms with Crippen molar-refractivity contribution in [2.75, 3.05) is 5.73 Å². The molecule has 0 saturated carbocycles. The number of aromatic nitrogens is 1. The van der Waals surface area contributed by atoms with Crippen LogP contribution in [0.4, 0.5) is 5.69 Å². The van der Waals surface area contributed by atoms with Crippen LogP contribution in [-0.2, 0) is 17.8 Å². The summed E-state index contributed by atoms with van der Waals surface area (Å²) in [7, 11) is 0. The van der Waals surface area contributed by atoms with Crippen molar-refractivity contribution < 1.29 is 4.79 Å². The van der Waals surface area contributed by atoms with Crippen molar-refractivity contribution in [3.8, 4) is 0 Å². The third-order valence-corrected chi connectivity index (χ3v) is 4.55. The fourth-order valence-corrected chi connectivity index (χ4v) is 3.38. The van der Waals surface area contributed by atoms with E-state index < -0.39 is 0 Å². The van der Waals surface area contributed by atoms with Crippen molar-refractivity contribution >= 4 is 27.5 Å². The molecule has 1 aromatic heterocycles. The molecule has 1 aromatic carbocycles. The Hall–Kier alpha value is -2.08. The van der Waals surface area contributed by atoms with Crippen LogP contribution in [0.3, 0.4) is 0 Å². The van der Waals surface area contributed by atoms with Crippen LogP contribution in [0.1, 0.15) is 30.0 Å². The molecule has 6 heteroatoms. The minimum absolute atomic E-state index is 0.0130. The quantitative estimate of drug-likeness (QED) is 0.808. The molecule has 3 N–H and O–H groups in total. The minimum atomic E-state index is -0.194. The molecule has 1 aliphatic rings. The average Bonchev–Trinajstić information content (AvgIpc) is 2.51. The number of carbonyl (C=O) groups is 1. The molecule has 1 unspecified atom stereocenters. The number of nitrogen functional groups attached to an aromatic ring is 1. The zero-order valence-corrected chi connectivity index (χ0v) is 14.2. The molecular formula is C17H18BrN3O2. The predicted molar refractivity (Wildman–Crippen MR) is 93.1 cm³/mol. The first kappa shape index (κ1) is 15.8. The molecule has 0 fully saturated rings. The molecule has 0 spiro atoms. The fourth-order valence-electron chi connectivity index (χ4n) is 3.00. The van der Waals surface area contributed by atoms with Gasteiger partial charge in [-0.3, -0.25) is 9.59 Å². The highest BCUT2D eigenvalue weighted by Gasteiger charge is 2.22. The summed E-state index contributed by atoms with van der Waals surface area (Å²) in [5.74, 6) is -0.167. The summed E-state index contributed by atoms with van der Waals surface area (Å²) in [5.41, 5.74) is 8.70. The number of hydrogen-bond acceptors (Lipinski definition) is 3. The number of nitrogens with one attached hydrogen (secondary N) is 1. The Bertz CT molecular complexity index is 801. The van der Waals surface area contributed by atoms with E-state index in [4.69, 9.17) is 5.73 Å². The van der Waals surface area contributed by atoms with E-state index in [0.29, 0.717) is 0 Å². The highest BCUT2D eigenvalue weighted by molar-refractivity contribution is 9.10. The van der Waals surface area contributed by atoms with Crippen molar-refractivity contribution in [3.05, 3.63) is 62.5 Å². The average molecular weight is 376 g/mol. The Kier molecular flexibility index (Phi) is 4.52. The van der Waals surface area contributed by atoms with Crippen molar-refractivity contribution in [3.63, 3.8) is 0 Å². The number of hydrogen-bond donors (Lipinski definition) is 2. The van der Waals surface area contributed by atoms with Gasteiger partial charge in [0, 0.05) is 22.4 Å². The standard InChI is InChI=1S/C17H18BrN3O2/c18-12-4-7-17(23)21(9-12)10-16(22)20-15-3-1-2-11-8-13(19)5-6-14(11)15/h4-9,15H,1-3,10,19H2,(H,20,22). The molecule has 2 aromatic rings. The van der Waals surface area contributed by atoms with Crippen LogP contribution >= 0.6 is 15.9 Å². The number of benzene rings is 1. The number of aryl methyl sites for hydroxylation is 1. The van der Waals surface area contributed by atoms with Crippen molar-refractivity contribution in [1.29, 1.82) is 0 Å². The number of nitrogens with two attached hydrogens (primary N) is 1. The Balaban J connectivity index is 1.74. The van der Waals surface area contributed by atoms with Gasteiger partial charge < -0.3 is 15.6 Å². The second kappa shape index (κ2) is 6.58. The SMILES string of the molecule is Nc1ccc2c(c1)CCCC2NC(=O)Cn1cc(Br)ccc1=O. The maximum Gasteiger partial charge on any atom is 0.251 e. The lowest BCUT2D eigenvalue weighted by Crippen LogP contribution is -2.35. The Morgan fingerprint density at radius 2 is 2.17 bits per heavy atom. The summed E-state index contributed by atoms with van der Waals surface area (Å²) in [6.45, 7) is 0.0130. The van der Waals surface area contributed by atoms with Crippen LogP contribution in [0, 0.1) is 0 Å². The number of pyridine rings is 1. The largest absolute Gasteiger partial charge is 0.399 e. The molecule has 0 radical (unpaired) electrons. The number of amides is 1. The third-order valence-electron chi connectivity index (χ3n) is 4.08. The summed E-state index contributed by atoms with van der Waals surface area (Å²) in [6, 6.07) is 8.91. The van der Waals surface area contributed by atoms with Crippen molar-refractivity contribution in [2.45, 2.75) is 31.8 Å². The van der Waals surface area contributed by atoms with Gasteiger partial charge in [0.15, 0.2) is 0 Å². The topological polar surface area (TPSA) is 77.1 Å². The first-order chi connectivity index (χ1) is 11.0. The highest BCUT2D eigenvalue weighted by Crippen LogP contribution is 2.30. The van der Waals surface area contributed by atoms with E-state index in [0.717, 1.165) is 35.0 Å². The molecule has 0 bridgehead atoms. The van der Waals surface area contributed by atoms with E-state index in [2.05, 4.69) is 21.2 Å². The van der Waals surface area contributed by atoms with Gasteiger partial charge in [-0.15, -0.1) is 0 Å². The van der Waals surface area contributed by atoms with Gasteiger partial charge in [-0.2, -0.15) is 0 Å². The van der Waals surface area contributed by atoms with Gasteiger partial charge in [0.1, 0.15) is 6.54 Å². The van der Waals surface area contributed by atoms with Gasteiger partial charge in [-0.25, -0.2) is 0 Å². The summed E-state index contributed by atoms with van der Waals surface area (Å²) in [5, 5.41) is 3.03. The lowest BCUT2D eigenvalue weighted by molar-refractivity contribution is -0.122. The number of fused-ring (bicyclic) bond motifs is 1. The van der Waals surface area contributed by atoms with Crippen LogP contribution in [0.2, 0.25) is 0 Å². The van der Waals surface area contributed by atoms with Crippen LogP contribution in [0.25, 0.3) is 0 Å². The number of carbonyl (C=O) groups excluding carboxylic acids is 1. The van der Waals surface area contributed by atoms with Crippen molar-refractivity contribution in [2.24, 2.45) is 0 Å². The van der Waals surface area contributed by atoms with Crippen LogP contribution in [0.15, 0.2) is 45.8 Å². The first-order valence-corrected chi connectivity index (χ1v) is 8.36. The number of halogens is 1. The summed E-state index contributed by atoms with van der Waals surface area (Å²) in [6.07, 6.45) is 4.52. The molecule has 1 amide bonds. The summed E-state index contributed by atoms with van der Waals surface area (Å²) < 4.78 is 2.16. The normalized spacial score (nSPS) is 16.7. The number of nitrogens with zero attached hydrogens (tertiary/aromatic N) is 1. The third kappa shape index (κ3) is 3.64. The minimum Gasteiger partial charge on any atom is -0.399 e. The molecule has 0 saturated heterocycles. The predicted octanol–water partition coefficient (Wildman–Crippen LogP) is 2.39. The molecule has 1 atom stereocenters. The van der Waals surface area contributed by atoms with Gasteiger partial charge in [0.25, 0.3) is 5.56 Å². The molecular weight excluding hydrogens is 358 g/mol. The molecule has 0 aliphatic heterocycles. The first-order valence-electron chi connectivity index (χ1n) is 7.56. The Morgan fingerprint density at radius 3 is 3.00 bits per heavy atom. The van der Waals surface area contributed by atoms with Crippen molar-refractivity contribution in [1.82, 2.24) is 9.88 Å².